The van der Waals surface area contributed by atoms with Crippen LogP contribution < -0.4 is 15.4 Å². The van der Waals surface area contributed by atoms with Crippen molar-refractivity contribution >= 4 is 6.03 Å². The SMILES string of the molecule is COc1ccccc1C1(CNC(=O)NC(C)c2ncn[nH]2)CCCC1. The number of nitrogens with one attached hydrogen (secondary N) is 3. The summed E-state index contributed by atoms with van der Waals surface area (Å²) >= 11 is 0. The summed E-state index contributed by atoms with van der Waals surface area (Å²) in [7, 11) is 1.70. The van der Waals surface area contributed by atoms with Gasteiger partial charge in [-0.25, -0.2) is 9.78 Å². The highest BCUT2D eigenvalue weighted by molar-refractivity contribution is 5.74. The molecule has 1 fully saturated rings. The minimum atomic E-state index is -0.228. The van der Waals surface area contributed by atoms with Crippen LogP contribution in [0, 0.1) is 0 Å². The molecule has 2 aromatic rings. The van der Waals surface area contributed by atoms with Gasteiger partial charge in [0.1, 0.15) is 17.9 Å². The van der Waals surface area contributed by atoms with Gasteiger partial charge in [0, 0.05) is 17.5 Å². The molecule has 25 heavy (non-hydrogen) atoms. The van der Waals surface area contributed by atoms with E-state index in [9.17, 15) is 4.79 Å². The molecular formula is C18H25N5O2. The van der Waals surface area contributed by atoms with Crippen LogP contribution in [0.1, 0.15) is 50.0 Å². The molecule has 0 bridgehead atoms. The maximum atomic E-state index is 12.3. The summed E-state index contributed by atoms with van der Waals surface area (Å²) in [6.07, 6.45) is 5.85. The lowest BCUT2D eigenvalue weighted by Crippen LogP contribution is -2.44. The number of carbonyl (C=O) groups excluding carboxylic acids is 1. The molecular weight excluding hydrogens is 318 g/mol. The van der Waals surface area contributed by atoms with Gasteiger partial charge in [-0.05, 0) is 25.8 Å². The first-order valence-corrected chi connectivity index (χ1v) is 8.68. The first-order valence-electron chi connectivity index (χ1n) is 8.68. The van der Waals surface area contributed by atoms with Crippen molar-refractivity contribution in [3.8, 4) is 5.75 Å². The first kappa shape index (κ1) is 17.3. The number of H-pyrrole nitrogens is 1. The number of carbonyl (C=O) groups is 1. The molecule has 2 amide bonds. The smallest absolute Gasteiger partial charge is 0.315 e. The van der Waals surface area contributed by atoms with E-state index in [0.717, 1.165) is 31.4 Å². The largest absolute Gasteiger partial charge is 0.496 e. The van der Waals surface area contributed by atoms with Crippen LogP contribution in [0.5, 0.6) is 5.75 Å². The number of aromatic nitrogens is 3. The molecule has 1 aliphatic rings. The molecule has 0 spiro atoms. The summed E-state index contributed by atoms with van der Waals surface area (Å²) in [6.45, 7) is 2.45. The van der Waals surface area contributed by atoms with Crippen LogP contribution in [0.15, 0.2) is 30.6 Å². The summed E-state index contributed by atoms with van der Waals surface area (Å²) in [5.74, 6) is 1.53. The van der Waals surface area contributed by atoms with E-state index in [0.29, 0.717) is 12.4 Å². The van der Waals surface area contributed by atoms with Crippen molar-refractivity contribution in [3.63, 3.8) is 0 Å². The highest BCUT2D eigenvalue weighted by Crippen LogP contribution is 2.44. The molecule has 1 unspecified atom stereocenters. The third kappa shape index (κ3) is 3.75. The average Bonchev–Trinajstić information content (AvgIpc) is 3.32. The first-order chi connectivity index (χ1) is 12.1. The number of nitrogens with zero attached hydrogens (tertiary/aromatic N) is 2. The van der Waals surface area contributed by atoms with Gasteiger partial charge in [-0.2, -0.15) is 5.10 Å². The summed E-state index contributed by atoms with van der Waals surface area (Å²) in [6, 6.07) is 7.68. The van der Waals surface area contributed by atoms with Crippen LogP contribution in [-0.4, -0.2) is 34.9 Å². The van der Waals surface area contributed by atoms with Crippen LogP contribution in [0.3, 0.4) is 0 Å². The van der Waals surface area contributed by atoms with Crippen molar-refractivity contribution in [2.24, 2.45) is 0 Å². The van der Waals surface area contributed by atoms with Crippen LogP contribution >= 0.6 is 0 Å². The van der Waals surface area contributed by atoms with Crippen molar-refractivity contribution in [2.75, 3.05) is 13.7 Å². The molecule has 1 aromatic carbocycles. The van der Waals surface area contributed by atoms with Gasteiger partial charge in [0.15, 0.2) is 0 Å². The number of hydrogen-bond acceptors (Lipinski definition) is 4. The Morgan fingerprint density at radius 2 is 2.12 bits per heavy atom. The maximum absolute atomic E-state index is 12.3. The Labute approximate surface area is 147 Å². The second-order valence-corrected chi connectivity index (χ2v) is 6.61. The van der Waals surface area contributed by atoms with Crippen LogP contribution in [-0.2, 0) is 5.41 Å². The lowest BCUT2D eigenvalue weighted by atomic mass is 9.78. The van der Waals surface area contributed by atoms with Gasteiger partial charge < -0.3 is 15.4 Å². The maximum Gasteiger partial charge on any atom is 0.315 e. The standard InChI is InChI=1S/C18H25N5O2/c1-13(16-20-12-21-23-16)22-17(24)19-11-18(9-5-6-10-18)14-7-3-4-8-15(14)25-2/h3-4,7-8,12-13H,5-6,9-11H2,1-2H3,(H2,19,22,24)(H,20,21,23). The molecule has 1 heterocycles. The number of ether oxygens (including phenoxy) is 1. The molecule has 7 heteroatoms. The normalized spacial score (nSPS) is 17.0. The highest BCUT2D eigenvalue weighted by atomic mass is 16.5. The van der Waals surface area contributed by atoms with E-state index in [4.69, 9.17) is 4.74 Å². The quantitative estimate of drug-likeness (QED) is 0.752. The zero-order valence-corrected chi connectivity index (χ0v) is 14.7. The fourth-order valence-electron chi connectivity index (χ4n) is 3.66. The van der Waals surface area contributed by atoms with Crippen molar-refractivity contribution in [3.05, 3.63) is 42.0 Å². The van der Waals surface area contributed by atoms with Crippen molar-refractivity contribution in [2.45, 2.75) is 44.1 Å². The molecule has 1 aromatic heterocycles. The topological polar surface area (TPSA) is 91.9 Å². The number of hydrogen-bond donors (Lipinski definition) is 3. The Hall–Kier alpha value is -2.57. The van der Waals surface area contributed by atoms with E-state index in [1.807, 2.05) is 25.1 Å². The van der Waals surface area contributed by atoms with Gasteiger partial charge in [0.25, 0.3) is 0 Å². The van der Waals surface area contributed by atoms with Gasteiger partial charge in [-0.3, -0.25) is 5.10 Å². The lowest BCUT2D eigenvalue weighted by molar-refractivity contribution is 0.233. The van der Waals surface area contributed by atoms with Crippen molar-refractivity contribution in [1.82, 2.24) is 25.8 Å². The molecule has 1 saturated carbocycles. The summed E-state index contributed by atoms with van der Waals surface area (Å²) in [4.78, 5) is 16.4. The van der Waals surface area contributed by atoms with Gasteiger partial charge in [-0.1, -0.05) is 31.0 Å². The minimum Gasteiger partial charge on any atom is -0.496 e. The Bertz CT molecular complexity index is 695. The second-order valence-electron chi connectivity index (χ2n) is 6.61. The fraction of sp³-hybridized carbons (Fsp3) is 0.500. The number of methoxy groups -OCH3 is 1. The second kappa shape index (κ2) is 7.55. The van der Waals surface area contributed by atoms with Gasteiger partial charge in [0.05, 0.1) is 13.2 Å². The van der Waals surface area contributed by atoms with Crippen molar-refractivity contribution in [1.29, 1.82) is 0 Å². The van der Waals surface area contributed by atoms with Crippen molar-refractivity contribution < 1.29 is 9.53 Å². The molecule has 3 N–H and O–H groups in total. The van der Waals surface area contributed by atoms with E-state index in [2.05, 4.69) is 31.9 Å². The fourth-order valence-corrected chi connectivity index (χ4v) is 3.66. The molecule has 0 saturated heterocycles. The predicted octanol–water partition coefficient (Wildman–Crippen LogP) is 2.69. The third-order valence-electron chi connectivity index (χ3n) is 5.02. The number of amides is 2. The molecule has 1 atom stereocenters. The molecule has 0 radical (unpaired) electrons. The van der Waals surface area contributed by atoms with E-state index < -0.39 is 0 Å². The Kier molecular flexibility index (Phi) is 5.21. The minimum absolute atomic E-state index is 0.0700. The molecule has 7 nitrogen and oxygen atoms in total. The molecule has 134 valence electrons. The number of para-hydroxylation sites is 1. The average molecular weight is 343 g/mol. The molecule has 1 aliphatic carbocycles. The summed E-state index contributed by atoms with van der Waals surface area (Å²) < 4.78 is 5.56. The predicted molar refractivity (Wildman–Crippen MR) is 94.5 cm³/mol. The number of aromatic amines is 1. The van der Waals surface area contributed by atoms with Gasteiger partial charge >= 0.3 is 6.03 Å². The van der Waals surface area contributed by atoms with Crippen LogP contribution in [0.4, 0.5) is 4.79 Å². The summed E-state index contributed by atoms with van der Waals surface area (Å²) in [5, 5.41) is 12.5. The molecule has 3 rings (SSSR count). The Morgan fingerprint density at radius 1 is 1.36 bits per heavy atom. The zero-order valence-electron chi connectivity index (χ0n) is 14.7. The van der Waals surface area contributed by atoms with Gasteiger partial charge in [0.2, 0.25) is 0 Å². The monoisotopic (exact) mass is 343 g/mol. The number of rotatable bonds is 6. The van der Waals surface area contributed by atoms with Gasteiger partial charge in [-0.15, -0.1) is 0 Å². The number of benzene rings is 1. The Morgan fingerprint density at radius 3 is 2.80 bits per heavy atom. The third-order valence-corrected chi connectivity index (χ3v) is 5.02. The van der Waals surface area contributed by atoms with E-state index in [1.54, 1.807) is 7.11 Å². The summed E-state index contributed by atoms with van der Waals surface area (Å²) in [5.41, 5.74) is 1.11. The Balaban J connectivity index is 1.67. The zero-order chi connectivity index (χ0) is 17.7. The number of urea groups is 1. The van der Waals surface area contributed by atoms with E-state index in [-0.39, 0.29) is 17.5 Å². The van der Waals surface area contributed by atoms with Crippen LogP contribution in [0.2, 0.25) is 0 Å². The van der Waals surface area contributed by atoms with E-state index in [1.165, 1.54) is 11.9 Å². The lowest BCUT2D eigenvalue weighted by Gasteiger charge is -2.31. The van der Waals surface area contributed by atoms with E-state index >= 15 is 0 Å². The van der Waals surface area contributed by atoms with Crippen LogP contribution in [0.25, 0.3) is 0 Å². The molecule has 0 aliphatic heterocycles. The highest BCUT2D eigenvalue weighted by Gasteiger charge is 2.38.